The highest BCUT2D eigenvalue weighted by Gasteiger charge is 2.26. The number of nitrogens with zero attached hydrogens (tertiary/aromatic N) is 1. The minimum Gasteiger partial charge on any atom is -0.393 e. The molecule has 1 aromatic carbocycles. The molecule has 0 spiro atoms. The molecule has 0 amide bonds. The molecule has 1 heterocycles. The number of piperidine rings is 1. The maximum atomic E-state index is 13.2. The van der Waals surface area contributed by atoms with Gasteiger partial charge in [0.15, 0.2) is 0 Å². The third-order valence-electron chi connectivity index (χ3n) is 3.64. The zero-order chi connectivity index (χ0) is 13.3. The van der Waals surface area contributed by atoms with Crippen LogP contribution in [-0.4, -0.2) is 29.4 Å². The molecule has 0 radical (unpaired) electrons. The first kappa shape index (κ1) is 13.3. The van der Waals surface area contributed by atoms with Crippen LogP contribution in [0.2, 0.25) is 0 Å². The van der Waals surface area contributed by atoms with E-state index in [4.69, 9.17) is 0 Å². The van der Waals surface area contributed by atoms with E-state index in [0.717, 1.165) is 18.8 Å². The lowest BCUT2D eigenvalue weighted by molar-refractivity contribution is 0.0968. The number of rotatable bonds is 2. The highest BCUT2D eigenvalue weighted by Crippen LogP contribution is 2.30. The lowest BCUT2D eigenvalue weighted by atomic mass is 9.95. The summed E-state index contributed by atoms with van der Waals surface area (Å²) in [6.45, 7) is 5.10. The van der Waals surface area contributed by atoms with Gasteiger partial charge >= 0.3 is 0 Å². The molecule has 1 aromatic rings. The first-order valence-electron chi connectivity index (χ1n) is 6.39. The fraction of sp³-hybridized carbons (Fsp3) is 0.571. The summed E-state index contributed by atoms with van der Waals surface area (Å²) < 4.78 is 13.2. The average molecular weight is 253 g/mol. The second-order valence-corrected chi connectivity index (χ2v) is 5.16. The van der Waals surface area contributed by atoms with Gasteiger partial charge in [-0.2, -0.15) is 0 Å². The molecule has 1 aliphatic heterocycles. The Bertz CT molecular complexity index is 422. The number of hydrogen-bond acceptors (Lipinski definition) is 3. The van der Waals surface area contributed by atoms with Gasteiger partial charge < -0.3 is 15.1 Å². The first-order valence-corrected chi connectivity index (χ1v) is 6.39. The van der Waals surface area contributed by atoms with Crippen molar-refractivity contribution in [2.75, 3.05) is 18.0 Å². The summed E-state index contributed by atoms with van der Waals surface area (Å²) in [4.78, 5) is 2.11. The Hall–Kier alpha value is -1.13. The Morgan fingerprint density at radius 1 is 1.44 bits per heavy atom. The molecule has 0 aliphatic carbocycles. The van der Waals surface area contributed by atoms with Crippen molar-refractivity contribution in [1.29, 1.82) is 0 Å². The molecule has 4 heteroatoms. The van der Waals surface area contributed by atoms with Crippen molar-refractivity contribution >= 4 is 5.69 Å². The summed E-state index contributed by atoms with van der Waals surface area (Å²) >= 11 is 0. The van der Waals surface area contributed by atoms with Gasteiger partial charge in [0.2, 0.25) is 0 Å². The minimum atomic E-state index is -0.696. The summed E-state index contributed by atoms with van der Waals surface area (Å²) in [6.07, 6.45) is -0.257. The van der Waals surface area contributed by atoms with Gasteiger partial charge in [-0.1, -0.05) is 6.92 Å². The summed E-state index contributed by atoms with van der Waals surface area (Å²) in [5.74, 6) is -0.148. The van der Waals surface area contributed by atoms with Crippen molar-refractivity contribution < 1.29 is 14.6 Å². The Balaban J connectivity index is 2.28. The van der Waals surface area contributed by atoms with Gasteiger partial charge in [0.25, 0.3) is 0 Å². The topological polar surface area (TPSA) is 43.7 Å². The van der Waals surface area contributed by atoms with E-state index < -0.39 is 6.10 Å². The molecule has 1 fully saturated rings. The van der Waals surface area contributed by atoms with E-state index in [9.17, 15) is 14.6 Å². The van der Waals surface area contributed by atoms with Crippen molar-refractivity contribution in [3.63, 3.8) is 0 Å². The van der Waals surface area contributed by atoms with Crippen LogP contribution in [0.4, 0.5) is 10.1 Å². The molecule has 18 heavy (non-hydrogen) atoms. The van der Waals surface area contributed by atoms with Crippen LogP contribution in [0.3, 0.4) is 0 Å². The van der Waals surface area contributed by atoms with Gasteiger partial charge in [-0.05, 0) is 37.5 Å². The number of aliphatic hydroxyl groups is 2. The molecular weight excluding hydrogens is 233 g/mol. The molecule has 3 atom stereocenters. The molecular formula is C14H20FNO2. The predicted molar refractivity (Wildman–Crippen MR) is 69.0 cm³/mol. The smallest absolute Gasteiger partial charge is 0.123 e. The maximum absolute atomic E-state index is 13.2. The van der Waals surface area contributed by atoms with Gasteiger partial charge in [0.1, 0.15) is 5.82 Å². The van der Waals surface area contributed by atoms with Crippen molar-refractivity contribution in [2.24, 2.45) is 5.92 Å². The van der Waals surface area contributed by atoms with E-state index in [1.807, 2.05) is 6.92 Å². The molecule has 0 aromatic heterocycles. The van der Waals surface area contributed by atoms with Crippen LogP contribution in [0.5, 0.6) is 0 Å². The van der Waals surface area contributed by atoms with Gasteiger partial charge in [0, 0.05) is 24.3 Å². The standard InChI is InChI=1S/C14H20FNO2/c1-9-8-16(6-5-14(9)18)13-4-3-11(15)7-12(13)10(2)17/h3-4,7,9-10,14,17-18H,5-6,8H2,1-2H3/t9?,10-,14?/m1/s1. The van der Waals surface area contributed by atoms with E-state index in [1.165, 1.54) is 12.1 Å². The van der Waals surface area contributed by atoms with Crippen molar-refractivity contribution in [3.05, 3.63) is 29.6 Å². The Morgan fingerprint density at radius 2 is 2.17 bits per heavy atom. The second-order valence-electron chi connectivity index (χ2n) is 5.16. The van der Waals surface area contributed by atoms with Gasteiger partial charge in [-0.25, -0.2) is 4.39 Å². The molecule has 2 unspecified atom stereocenters. The predicted octanol–water partition coefficient (Wildman–Crippen LogP) is 2.09. The van der Waals surface area contributed by atoms with Crippen LogP contribution in [-0.2, 0) is 0 Å². The van der Waals surface area contributed by atoms with Crippen LogP contribution in [0.15, 0.2) is 18.2 Å². The average Bonchev–Trinajstić information content (AvgIpc) is 2.32. The molecule has 100 valence electrons. The van der Waals surface area contributed by atoms with Crippen LogP contribution in [0, 0.1) is 11.7 Å². The van der Waals surface area contributed by atoms with E-state index in [0.29, 0.717) is 12.0 Å². The maximum Gasteiger partial charge on any atom is 0.123 e. The summed E-state index contributed by atoms with van der Waals surface area (Å²) in [6, 6.07) is 4.51. The number of aliphatic hydroxyl groups excluding tert-OH is 2. The van der Waals surface area contributed by atoms with Crippen LogP contribution in [0.1, 0.15) is 31.9 Å². The summed E-state index contributed by atoms with van der Waals surface area (Å²) in [5.41, 5.74) is 1.48. The highest BCUT2D eigenvalue weighted by atomic mass is 19.1. The Labute approximate surface area is 107 Å². The summed E-state index contributed by atoms with van der Waals surface area (Å²) in [5, 5.41) is 19.5. The third kappa shape index (κ3) is 2.65. The summed E-state index contributed by atoms with van der Waals surface area (Å²) in [7, 11) is 0. The lowest BCUT2D eigenvalue weighted by Crippen LogP contribution is -2.42. The molecule has 2 rings (SSSR count). The first-order chi connectivity index (χ1) is 8.49. The second kappa shape index (κ2) is 5.24. The van der Waals surface area contributed by atoms with Crippen LogP contribution >= 0.6 is 0 Å². The molecule has 1 saturated heterocycles. The van der Waals surface area contributed by atoms with E-state index >= 15 is 0 Å². The van der Waals surface area contributed by atoms with Crippen molar-refractivity contribution in [3.8, 4) is 0 Å². The van der Waals surface area contributed by atoms with Gasteiger partial charge in [-0.3, -0.25) is 0 Å². The Morgan fingerprint density at radius 3 is 2.78 bits per heavy atom. The van der Waals surface area contributed by atoms with Gasteiger partial charge in [0.05, 0.1) is 12.2 Å². The lowest BCUT2D eigenvalue weighted by Gasteiger charge is -2.37. The van der Waals surface area contributed by atoms with Crippen molar-refractivity contribution in [2.45, 2.75) is 32.5 Å². The molecule has 1 aliphatic rings. The van der Waals surface area contributed by atoms with E-state index in [2.05, 4.69) is 4.90 Å². The number of halogens is 1. The molecule has 3 nitrogen and oxygen atoms in total. The molecule has 2 N–H and O–H groups in total. The Kier molecular flexibility index (Phi) is 3.88. The van der Waals surface area contributed by atoms with E-state index in [1.54, 1.807) is 13.0 Å². The van der Waals surface area contributed by atoms with Crippen LogP contribution < -0.4 is 4.90 Å². The zero-order valence-electron chi connectivity index (χ0n) is 10.8. The van der Waals surface area contributed by atoms with E-state index in [-0.39, 0.29) is 17.8 Å². The quantitative estimate of drug-likeness (QED) is 0.848. The van der Waals surface area contributed by atoms with Crippen molar-refractivity contribution in [1.82, 2.24) is 0 Å². The number of benzene rings is 1. The third-order valence-corrected chi connectivity index (χ3v) is 3.64. The highest BCUT2D eigenvalue weighted by molar-refractivity contribution is 5.55. The zero-order valence-corrected chi connectivity index (χ0v) is 10.8. The fourth-order valence-electron chi connectivity index (χ4n) is 2.50. The van der Waals surface area contributed by atoms with Gasteiger partial charge in [-0.15, -0.1) is 0 Å². The largest absolute Gasteiger partial charge is 0.393 e. The normalized spacial score (nSPS) is 26.2. The van der Waals surface area contributed by atoms with Crippen LogP contribution in [0.25, 0.3) is 0 Å². The monoisotopic (exact) mass is 253 g/mol. The SMILES string of the molecule is CC1CN(c2ccc(F)cc2[C@@H](C)O)CCC1O. The fourth-order valence-corrected chi connectivity index (χ4v) is 2.50. The number of hydrogen-bond donors (Lipinski definition) is 2. The minimum absolute atomic E-state index is 0.186. The molecule has 0 saturated carbocycles. The molecule has 0 bridgehead atoms. The number of anilines is 1.